The maximum atomic E-state index is 13.6. The maximum Gasteiger partial charge on any atom is 0.338 e. The Hall–Kier alpha value is -4.67. The Morgan fingerprint density at radius 1 is 0.634 bits per heavy atom. The number of ether oxygens (including phenoxy) is 10. The lowest BCUT2D eigenvalue weighted by atomic mass is 9.93. The van der Waals surface area contributed by atoms with Crippen molar-refractivity contribution in [2.45, 2.75) is 18.6 Å². The van der Waals surface area contributed by atoms with Crippen LogP contribution in [0.3, 0.4) is 0 Å². The second-order valence-corrected chi connectivity index (χ2v) is 8.87. The second-order valence-electron chi connectivity index (χ2n) is 8.87. The van der Waals surface area contributed by atoms with E-state index >= 15 is 0 Å². The van der Waals surface area contributed by atoms with E-state index in [4.69, 9.17) is 47.4 Å². The van der Waals surface area contributed by atoms with Crippen molar-refractivity contribution in [2.24, 2.45) is 0 Å². The van der Waals surface area contributed by atoms with Crippen molar-refractivity contribution < 1.29 is 52.2 Å². The number of carbonyl (C=O) groups is 1. The minimum atomic E-state index is -0.792. The average molecular weight is 571 g/mol. The van der Waals surface area contributed by atoms with Crippen LogP contribution in [-0.4, -0.2) is 69.0 Å². The topological polar surface area (TPSA) is 109 Å². The fourth-order valence-corrected chi connectivity index (χ4v) is 4.78. The van der Waals surface area contributed by atoms with E-state index in [-0.39, 0.29) is 12.0 Å². The number of rotatable bonds is 11. The summed E-state index contributed by atoms with van der Waals surface area (Å²) < 4.78 is 56.5. The Morgan fingerprint density at radius 3 is 1.61 bits per heavy atom. The number of fused-ring (bicyclic) bond motifs is 1. The van der Waals surface area contributed by atoms with Gasteiger partial charge in [0.15, 0.2) is 29.1 Å². The number of carbonyl (C=O) groups excluding carboxylic acids is 1. The van der Waals surface area contributed by atoms with Crippen LogP contribution in [0, 0.1) is 0 Å². The Balaban J connectivity index is 1.81. The van der Waals surface area contributed by atoms with Crippen LogP contribution < -0.4 is 42.6 Å². The molecule has 0 aromatic heterocycles. The number of methoxy groups -OCH3 is 8. The predicted octanol–water partition coefficient (Wildman–Crippen LogP) is 4.66. The molecule has 0 saturated heterocycles. The molecule has 11 nitrogen and oxygen atoms in total. The smallest absolute Gasteiger partial charge is 0.338 e. The molecule has 1 heterocycles. The third-order valence-corrected chi connectivity index (χ3v) is 6.77. The zero-order valence-corrected chi connectivity index (χ0v) is 24.3. The Bertz CT molecular complexity index is 1350. The first-order valence-corrected chi connectivity index (χ1v) is 12.6. The van der Waals surface area contributed by atoms with Crippen molar-refractivity contribution >= 4 is 5.97 Å². The molecule has 2 atom stereocenters. The molecule has 0 bridgehead atoms. The molecule has 4 rings (SSSR count). The minimum Gasteiger partial charge on any atom is -0.496 e. The molecule has 0 unspecified atom stereocenters. The molecule has 3 aromatic rings. The second kappa shape index (κ2) is 12.7. The van der Waals surface area contributed by atoms with Gasteiger partial charge < -0.3 is 47.4 Å². The zero-order chi connectivity index (χ0) is 29.7. The van der Waals surface area contributed by atoms with E-state index in [2.05, 4.69) is 0 Å². The van der Waals surface area contributed by atoms with Gasteiger partial charge in [-0.1, -0.05) is 0 Å². The molecule has 41 heavy (non-hydrogen) atoms. The first kappa shape index (κ1) is 29.3. The number of esters is 1. The Kier molecular flexibility index (Phi) is 9.06. The van der Waals surface area contributed by atoms with E-state index in [1.165, 1.54) is 54.8 Å². The Labute approximate surface area is 238 Å². The van der Waals surface area contributed by atoms with Crippen LogP contribution in [0.15, 0.2) is 36.4 Å². The highest BCUT2D eigenvalue weighted by molar-refractivity contribution is 5.91. The molecule has 0 saturated carbocycles. The van der Waals surface area contributed by atoms with Crippen LogP contribution in [0.4, 0.5) is 0 Å². The summed E-state index contributed by atoms with van der Waals surface area (Å²) >= 11 is 0. The lowest BCUT2D eigenvalue weighted by Crippen LogP contribution is -2.35. The van der Waals surface area contributed by atoms with E-state index in [0.29, 0.717) is 57.3 Å². The van der Waals surface area contributed by atoms with Crippen molar-refractivity contribution in [1.29, 1.82) is 0 Å². The molecule has 0 spiro atoms. The molecule has 3 aromatic carbocycles. The molecular formula is C30H34O11. The molecule has 11 heteroatoms. The highest BCUT2D eigenvalue weighted by Crippen LogP contribution is 2.47. The average Bonchev–Trinajstić information content (AvgIpc) is 3.02. The normalized spacial score (nSPS) is 15.5. The third-order valence-electron chi connectivity index (χ3n) is 6.77. The van der Waals surface area contributed by atoms with Crippen LogP contribution in [0.5, 0.6) is 51.7 Å². The van der Waals surface area contributed by atoms with Gasteiger partial charge in [0.05, 0.1) is 62.4 Å². The first-order valence-electron chi connectivity index (χ1n) is 12.6. The quantitative estimate of drug-likeness (QED) is 0.300. The fraction of sp³-hybridized carbons (Fsp3) is 0.367. The summed E-state index contributed by atoms with van der Waals surface area (Å²) in [5.74, 6) is 3.26. The Morgan fingerprint density at radius 2 is 1.15 bits per heavy atom. The fourth-order valence-electron chi connectivity index (χ4n) is 4.78. The molecule has 0 aliphatic carbocycles. The van der Waals surface area contributed by atoms with E-state index in [9.17, 15) is 4.79 Å². The van der Waals surface area contributed by atoms with E-state index in [0.717, 1.165) is 5.56 Å². The summed E-state index contributed by atoms with van der Waals surface area (Å²) in [6.45, 7) is 0. The van der Waals surface area contributed by atoms with Crippen molar-refractivity contribution in [2.75, 3.05) is 56.9 Å². The van der Waals surface area contributed by atoms with E-state index in [1.807, 2.05) is 0 Å². The van der Waals surface area contributed by atoms with Gasteiger partial charge >= 0.3 is 5.97 Å². The van der Waals surface area contributed by atoms with Crippen LogP contribution in [0.1, 0.15) is 27.6 Å². The van der Waals surface area contributed by atoms with E-state index < -0.39 is 18.2 Å². The number of hydrogen-bond acceptors (Lipinski definition) is 11. The van der Waals surface area contributed by atoms with Gasteiger partial charge in [-0.05, 0) is 24.3 Å². The third kappa shape index (κ3) is 5.65. The zero-order valence-electron chi connectivity index (χ0n) is 24.3. The molecular weight excluding hydrogens is 536 g/mol. The number of benzene rings is 3. The molecule has 0 fully saturated rings. The van der Waals surface area contributed by atoms with Crippen molar-refractivity contribution in [3.8, 4) is 51.7 Å². The SMILES string of the molecule is COc1cc(OC)c2c(c1)O[C@H](c1cc(OC)c(OC)c(OC)c1)[C@@H](OC(=O)c1cc(OC)c(OC)c(OC)c1)C2. The van der Waals surface area contributed by atoms with E-state index in [1.54, 1.807) is 38.5 Å². The maximum absolute atomic E-state index is 13.6. The predicted molar refractivity (Wildman–Crippen MR) is 148 cm³/mol. The minimum absolute atomic E-state index is 0.204. The monoisotopic (exact) mass is 570 g/mol. The summed E-state index contributed by atoms with van der Waals surface area (Å²) in [6, 6.07) is 10.1. The van der Waals surface area contributed by atoms with Gasteiger partial charge in [-0.25, -0.2) is 4.79 Å². The van der Waals surface area contributed by atoms with Crippen molar-refractivity contribution in [3.05, 3.63) is 53.1 Å². The van der Waals surface area contributed by atoms with Gasteiger partial charge in [0.1, 0.15) is 23.4 Å². The van der Waals surface area contributed by atoms with Gasteiger partial charge in [-0.15, -0.1) is 0 Å². The molecule has 1 aliphatic heterocycles. The summed E-state index contributed by atoms with van der Waals surface area (Å²) in [5, 5.41) is 0. The largest absolute Gasteiger partial charge is 0.496 e. The summed E-state index contributed by atoms with van der Waals surface area (Å²) in [6.07, 6.45) is -1.28. The van der Waals surface area contributed by atoms with Gasteiger partial charge in [0.2, 0.25) is 11.5 Å². The van der Waals surface area contributed by atoms with Crippen molar-refractivity contribution in [1.82, 2.24) is 0 Å². The summed E-state index contributed by atoms with van der Waals surface area (Å²) in [5.41, 5.74) is 1.56. The van der Waals surface area contributed by atoms with Gasteiger partial charge in [0, 0.05) is 29.7 Å². The standard InChI is InChI=1S/C30H34O11/c1-32-18-13-20(33-2)19-15-26(41-30(31)17-11-24(36-5)29(39-8)25(12-17)37-6)27(40-21(19)14-18)16-9-22(34-3)28(38-7)23(10-16)35-4/h9-14,26-27H,15H2,1-8H3/t26-,27+/m0/s1. The molecule has 0 amide bonds. The van der Waals surface area contributed by atoms with Crippen LogP contribution in [0.25, 0.3) is 0 Å². The van der Waals surface area contributed by atoms with Crippen LogP contribution in [-0.2, 0) is 11.2 Å². The number of hydrogen-bond donors (Lipinski definition) is 0. The van der Waals surface area contributed by atoms with Crippen LogP contribution in [0.2, 0.25) is 0 Å². The highest BCUT2D eigenvalue weighted by atomic mass is 16.6. The van der Waals surface area contributed by atoms with Gasteiger partial charge in [-0.3, -0.25) is 0 Å². The summed E-state index contributed by atoms with van der Waals surface area (Å²) in [4.78, 5) is 13.6. The lowest BCUT2D eigenvalue weighted by molar-refractivity contribution is -0.0189. The molecule has 220 valence electrons. The molecule has 1 aliphatic rings. The molecule has 0 radical (unpaired) electrons. The lowest BCUT2D eigenvalue weighted by Gasteiger charge is -2.34. The van der Waals surface area contributed by atoms with Crippen LogP contribution >= 0.6 is 0 Å². The molecule has 0 N–H and O–H groups in total. The van der Waals surface area contributed by atoms with Gasteiger partial charge in [0.25, 0.3) is 0 Å². The first-order chi connectivity index (χ1) is 19.8. The highest BCUT2D eigenvalue weighted by Gasteiger charge is 2.38. The summed E-state index contributed by atoms with van der Waals surface area (Å²) in [7, 11) is 12.1. The van der Waals surface area contributed by atoms with Gasteiger partial charge in [-0.2, -0.15) is 0 Å². The van der Waals surface area contributed by atoms with Crippen molar-refractivity contribution in [3.63, 3.8) is 0 Å².